The molecule has 118 valence electrons. The maximum Gasteiger partial charge on any atom is 0.142 e. The van der Waals surface area contributed by atoms with E-state index in [9.17, 15) is 5.26 Å². The first-order valence-corrected chi connectivity index (χ1v) is 9.04. The van der Waals surface area contributed by atoms with Crippen molar-refractivity contribution in [2.75, 3.05) is 11.1 Å². The van der Waals surface area contributed by atoms with Crippen molar-refractivity contribution in [3.8, 4) is 17.2 Å². The summed E-state index contributed by atoms with van der Waals surface area (Å²) in [4.78, 5) is 4.54. The number of rotatable bonds is 1. The monoisotopic (exact) mass is 396 g/mol. The van der Waals surface area contributed by atoms with Gasteiger partial charge in [-0.2, -0.15) is 5.26 Å². The van der Waals surface area contributed by atoms with Crippen molar-refractivity contribution in [2.24, 2.45) is 0 Å². The van der Waals surface area contributed by atoms with Crippen molar-refractivity contribution in [2.45, 2.75) is 13.3 Å². The van der Waals surface area contributed by atoms with Crippen LogP contribution in [0.5, 0.6) is 0 Å². The van der Waals surface area contributed by atoms with Crippen LogP contribution in [0.4, 0.5) is 10.8 Å². The van der Waals surface area contributed by atoms with Gasteiger partial charge >= 0.3 is 0 Å². The number of halogens is 1. The molecule has 0 amide bonds. The third kappa shape index (κ3) is 2.29. The molecular formula is C18H13BrN4S. The van der Waals surface area contributed by atoms with Gasteiger partial charge in [0.1, 0.15) is 17.5 Å². The van der Waals surface area contributed by atoms with E-state index in [0.29, 0.717) is 5.56 Å². The average Bonchev–Trinajstić information content (AvgIpc) is 2.91. The minimum atomic E-state index is 0.287. The first-order valence-electron chi connectivity index (χ1n) is 7.43. The summed E-state index contributed by atoms with van der Waals surface area (Å²) in [6.07, 6.45) is 2.97. The molecule has 0 fully saturated rings. The zero-order chi connectivity index (χ0) is 16.8. The molecule has 1 aliphatic heterocycles. The highest BCUT2D eigenvalue weighted by atomic mass is 79.9. The molecular weight excluding hydrogens is 384 g/mol. The highest BCUT2D eigenvalue weighted by Crippen LogP contribution is 2.45. The van der Waals surface area contributed by atoms with E-state index >= 15 is 0 Å². The summed E-state index contributed by atoms with van der Waals surface area (Å²) in [5, 5.41) is 14.1. The standard InChI is InChI=1S/C18H13BrN4S/c1-9-2-7-12-15-16(24-18(12)22-9)14(13(8-20)17(21)23-15)10-3-5-11(19)6-4-10/h2-6,22H,7H2,1H3,(H2,21,23). The van der Waals surface area contributed by atoms with E-state index in [-0.39, 0.29) is 5.82 Å². The van der Waals surface area contributed by atoms with Crippen molar-refractivity contribution in [1.29, 1.82) is 5.26 Å². The number of hydrogen-bond acceptors (Lipinski definition) is 5. The summed E-state index contributed by atoms with van der Waals surface area (Å²) in [6, 6.07) is 10.2. The predicted octanol–water partition coefficient (Wildman–Crippen LogP) is 5.05. The minimum absolute atomic E-state index is 0.287. The van der Waals surface area contributed by atoms with Crippen LogP contribution < -0.4 is 11.1 Å². The third-order valence-electron chi connectivity index (χ3n) is 4.11. The molecule has 0 spiro atoms. The van der Waals surface area contributed by atoms with Crippen molar-refractivity contribution in [3.05, 3.63) is 51.6 Å². The second-order valence-corrected chi connectivity index (χ2v) is 7.61. The molecule has 0 bridgehead atoms. The fraction of sp³-hybridized carbons (Fsp3) is 0.111. The fourth-order valence-electron chi connectivity index (χ4n) is 2.94. The van der Waals surface area contributed by atoms with Crippen LogP contribution in [0.25, 0.3) is 21.3 Å². The van der Waals surface area contributed by atoms with E-state index in [1.54, 1.807) is 11.3 Å². The number of allylic oxidation sites excluding steroid dienone is 2. The fourth-order valence-corrected chi connectivity index (χ4v) is 4.51. The van der Waals surface area contributed by atoms with E-state index in [0.717, 1.165) is 48.5 Å². The Balaban J connectivity index is 2.07. The summed E-state index contributed by atoms with van der Waals surface area (Å²) in [5.74, 6) is 0.287. The molecule has 24 heavy (non-hydrogen) atoms. The van der Waals surface area contributed by atoms with Gasteiger partial charge in [0.05, 0.1) is 15.2 Å². The van der Waals surface area contributed by atoms with Crippen LogP contribution in [0.15, 0.2) is 40.5 Å². The van der Waals surface area contributed by atoms with Gasteiger partial charge in [-0.15, -0.1) is 11.3 Å². The number of nitrogens with two attached hydrogens (primary N) is 1. The van der Waals surface area contributed by atoms with Crippen LogP contribution in [-0.4, -0.2) is 4.98 Å². The Hall–Kier alpha value is -2.36. The lowest BCUT2D eigenvalue weighted by molar-refractivity contribution is 1.19. The number of nitrogens with one attached hydrogen (secondary N) is 1. The summed E-state index contributed by atoms with van der Waals surface area (Å²) in [5.41, 5.74) is 11.6. The molecule has 0 saturated carbocycles. The Kier molecular flexibility index (Phi) is 3.56. The average molecular weight is 397 g/mol. The van der Waals surface area contributed by atoms with Gasteiger partial charge in [0, 0.05) is 21.3 Å². The maximum absolute atomic E-state index is 9.62. The maximum atomic E-state index is 9.62. The quantitative estimate of drug-likeness (QED) is 0.603. The lowest BCUT2D eigenvalue weighted by atomic mass is 9.99. The zero-order valence-corrected chi connectivity index (χ0v) is 15.3. The Morgan fingerprint density at radius 3 is 2.79 bits per heavy atom. The number of aromatic nitrogens is 1. The smallest absolute Gasteiger partial charge is 0.142 e. The molecule has 3 aromatic rings. The van der Waals surface area contributed by atoms with Gasteiger partial charge in [-0.3, -0.25) is 0 Å². The number of nitrogen functional groups attached to an aromatic ring is 1. The number of anilines is 2. The number of nitrogens with zero attached hydrogens (tertiary/aromatic N) is 2. The second kappa shape index (κ2) is 5.62. The third-order valence-corrected chi connectivity index (χ3v) is 5.80. The second-order valence-electron chi connectivity index (χ2n) is 5.67. The van der Waals surface area contributed by atoms with E-state index in [2.05, 4.69) is 38.4 Å². The summed E-state index contributed by atoms with van der Waals surface area (Å²) in [6.45, 7) is 2.05. The van der Waals surface area contributed by atoms with Crippen molar-refractivity contribution in [1.82, 2.24) is 4.98 Å². The molecule has 0 aliphatic carbocycles. The predicted molar refractivity (Wildman–Crippen MR) is 103 cm³/mol. The summed E-state index contributed by atoms with van der Waals surface area (Å²) in [7, 11) is 0. The van der Waals surface area contributed by atoms with Crippen LogP contribution in [-0.2, 0) is 6.42 Å². The lowest BCUT2D eigenvalue weighted by Gasteiger charge is -2.12. The largest absolute Gasteiger partial charge is 0.383 e. The highest BCUT2D eigenvalue weighted by molar-refractivity contribution is 9.10. The number of benzene rings is 1. The SMILES string of the molecule is CC1=CCc2c(sc3c(-c4ccc(Br)cc4)c(C#N)c(N)nc23)N1. The number of nitriles is 1. The van der Waals surface area contributed by atoms with Crippen LogP contribution in [0.2, 0.25) is 0 Å². The number of fused-ring (bicyclic) bond motifs is 3. The Morgan fingerprint density at radius 2 is 2.08 bits per heavy atom. The normalized spacial score (nSPS) is 13.1. The Morgan fingerprint density at radius 1 is 1.33 bits per heavy atom. The molecule has 2 aromatic heterocycles. The van der Waals surface area contributed by atoms with Gasteiger partial charge in [0.25, 0.3) is 0 Å². The first kappa shape index (κ1) is 15.2. The summed E-state index contributed by atoms with van der Waals surface area (Å²) >= 11 is 5.09. The van der Waals surface area contributed by atoms with E-state index < -0.39 is 0 Å². The summed E-state index contributed by atoms with van der Waals surface area (Å²) < 4.78 is 2.00. The highest BCUT2D eigenvalue weighted by Gasteiger charge is 2.23. The van der Waals surface area contributed by atoms with Crippen molar-refractivity contribution >= 4 is 48.3 Å². The van der Waals surface area contributed by atoms with Gasteiger partial charge in [0.2, 0.25) is 0 Å². The molecule has 0 atom stereocenters. The van der Waals surface area contributed by atoms with Gasteiger partial charge in [0.15, 0.2) is 0 Å². The van der Waals surface area contributed by atoms with Gasteiger partial charge in [-0.05, 0) is 31.0 Å². The van der Waals surface area contributed by atoms with Gasteiger partial charge < -0.3 is 11.1 Å². The zero-order valence-electron chi connectivity index (χ0n) is 12.9. The molecule has 4 nitrogen and oxygen atoms in total. The van der Waals surface area contributed by atoms with Crippen LogP contribution in [0.1, 0.15) is 18.1 Å². The molecule has 1 aromatic carbocycles. The van der Waals surface area contributed by atoms with Crippen LogP contribution in [0.3, 0.4) is 0 Å². The van der Waals surface area contributed by atoms with Gasteiger partial charge in [-0.1, -0.05) is 34.1 Å². The van der Waals surface area contributed by atoms with Crippen LogP contribution in [0, 0.1) is 11.3 Å². The first-order chi connectivity index (χ1) is 11.6. The molecule has 0 radical (unpaired) electrons. The molecule has 6 heteroatoms. The Labute approximate surface area is 151 Å². The number of hydrogen-bond donors (Lipinski definition) is 2. The molecule has 1 aliphatic rings. The molecule has 3 heterocycles. The van der Waals surface area contributed by atoms with E-state index in [4.69, 9.17) is 5.73 Å². The lowest BCUT2D eigenvalue weighted by Crippen LogP contribution is -2.03. The van der Waals surface area contributed by atoms with Crippen molar-refractivity contribution < 1.29 is 0 Å². The number of thiophene rings is 1. The molecule has 0 saturated heterocycles. The van der Waals surface area contributed by atoms with Gasteiger partial charge in [-0.25, -0.2) is 4.98 Å². The Bertz CT molecular complexity index is 1040. The van der Waals surface area contributed by atoms with Crippen LogP contribution >= 0.6 is 27.3 Å². The molecule has 4 rings (SSSR count). The molecule has 3 N–H and O–H groups in total. The van der Waals surface area contributed by atoms with E-state index in [1.807, 2.05) is 31.2 Å². The minimum Gasteiger partial charge on any atom is -0.383 e. The number of pyridine rings is 1. The topological polar surface area (TPSA) is 74.7 Å². The van der Waals surface area contributed by atoms with E-state index in [1.165, 1.54) is 0 Å². The molecule has 0 unspecified atom stereocenters. The van der Waals surface area contributed by atoms with Crippen molar-refractivity contribution in [3.63, 3.8) is 0 Å².